The second-order valence-electron chi connectivity index (χ2n) is 5.10. The first-order valence-electron chi connectivity index (χ1n) is 6.89. The Morgan fingerprint density at radius 1 is 1.30 bits per heavy atom. The van der Waals surface area contributed by atoms with Gasteiger partial charge in [0.05, 0.1) is 4.92 Å². The van der Waals surface area contributed by atoms with Crippen molar-refractivity contribution in [2.24, 2.45) is 0 Å². The van der Waals surface area contributed by atoms with Gasteiger partial charge in [-0.05, 0) is 25.5 Å². The Morgan fingerprint density at radius 3 is 2.65 bits per heavy atom. The zero-order valence-electron chi connectivity index (χ0n) is 12.0. The Kier molecular flexibility index (Phi) is 4.92. The molecular formula is C14H21N3O3. The smallest absolute Gasteiger partial charge is 0.272 e. The number of nitrogens with zero attached hydrogens (tertiary/aromatic N) is 2. The van der Waals surface area contributed by atoms with E-state index in [4.69, 9.17) is 4.74 Å². The van der Waals surface area contributed by atoms with Gasteiger partial charge in [0, 0.05) is 44.4 Å². The third-order valence-corrected chi connectivity index (χ3v) is 3.56. The molecule has 1 N–H and O–H groups in total. The molecule has 0 radical (unpaired) electrons. The fourth-order valence-corrected chi connectivity index (χ4v) is 2.35. The van der Waals surface area contributed by atoms with E-state index < -0.39 is 0 Å². The quantitative estimate of drug-likeness (QED) is 0.653. The van der Waals surface area contributed by atoms with Crippen molar-refractivity contribution in [1.29, 1.82) is 0 Å². The van der Waals surface area contributed by atoms with Crippen LogP contribution in [0.1, 0.15) is 11.1 Å². The molecule has 6 heteroatoms. The van der Waals surface area contributed by atoms with Crippen LogP contribution in [-0.2, 0) is 0 Å². The summed E-state index contributed by atoms with van der Waals surface area (Å²) in [6, 6.07) is 3.33. The highest BCUT2D eigenvalue weighted by molar-refractivity contribution is 5.49. The molecule has 0 bridgehead atoms. The number of hydrogen-bond donors (Lipinski definition) is 1. The monoisotopic (exact) mass is 279 g/mol. The second kappa shape index (κ2) is 6.67. The van der Waals surface area contributed by atoms with Crippen molar-refractivity contribution >= 4 is 5.69 Å². The maximum absolute atomic E-state index is 10.9. The van der Waals surface area contributed by atoms with Crippen LogP contribution in [0, 0.1) is 24.0 Å². The van der Waals surface area contributed by atoms with Crippen molar-refractivity contribution in [3.05, 3.63) is 33.4 Å². The average Bonchev–Trinajstić information content (AvgIpc) is 2.43. The van der Waals surface area contributed by atoms with Gasteiger partial charge in [0.15, 0.2) is 0 Å². The van der Waals surface area contributed by atoms with Gasteiger partial charge in [-0.25, -0.2) is 0 Å². The minimum atomic E-state index is -0.354. The molecule has 6 nitrogen and oxygen atoms in total. The van der Waals surface area contributed by atoms with Crippen LogP contribution in [0.25, 0.3) is 0 Å². The molecule has 1 aliphatic heterocycles. The maximum Gasteiger partial charge on any atom is 0.272 e. The van der Waals surface area contributed by atoms with E-state index in [0.29, 0.717) is 12.2 Å². The molecule has 1 aliphatic rings. The summed E-state index contributed by atoms with van der Waals surface area (Å²) in [5.41, 5.74) is 1.59. The second-order valence-corrected chi connectivity index (χ2v) is 5.10. The fourth-order valence-electron chi connectivity index (χ4n) is 2.35. The van der Waals surface area contributed by atoms with E-state index in [1.165, 1.54) is 0 Å². The molecule has 0 aliphatic carbocycles. The molecule has 1 aromatic carbocycles. The van der Waals surface area contributed by atoms with Crippen LogP contribution in [0.3, 0.4) is 0 Å². The minimum absolute atomic E-state index is 0.150. The van der Waals surface area contributed by atoms with Crippen molar-refractivity contribution in [1.82, 2.24) is 10.2 Å². The maximum atomic E-state index is 10.9. The normalized spacial score (nSPS) is 16.1. The molecule has 1 fully saturated rings. The number of rotatable bonds is 5. The standard InChI is InChI=1S/C14H21N3O3/c1-11-10-14(12(2)9-13(11)17(18)19)20-8-7-16-5-3-15-4-6-16/h9-10,15H,3-8H2,1-2H3. The lowest BCUT2D eigenvalue weighted by Crippen LogP contribution is -2.44. The molecule has 1 saturated heterocycles. The highest BCUT2D eigenvalue weighted by atomic mass is 16.6. The van der Waals surface area contributed by atoms with Crippen molar-refractivity contribution in [3.63, 3.8) is 0 Å². The van der Waals surface area contributed by atoms with E-state index in [-0.39, 0.29) is 10.6 Å². The summed E-state index contributed by atoms with van der Waals surface area (Å²) in [6.45, 7) is 9.21. The number of ether oxygens (including phenoxy) is 1. The molecular weight excluding hydrogens is 258 g/mol. The zero-order valence-corrected chi connectivity index (χ0v) is 12.0. The van der Waals surface area contributed by atoms with E-state index in [2.05, 4.69) is 10.2 Å². The Hall–Kier alpha value is -1.66. The third-order valence-electron chi connectivity index (χ3n) is 3.56. The van der Waals surface area contributed by atoms with Crippen molar-refractivity contribution in [3.8, 4) is 5.75 Å². The molecule has 110 valence electrons. The highest BCUT2D eigenvalue weighted by Crippen LogP contribution is 2.27. The Balaban J connectivity index is 1.92. The number of aryl methyl sites for hydroxylation is 2. The van der Waals surface area contributed by atoms with Crippen LogP contribution in [-0.4, -0.2) is 49.2 Å². The molecule has 0 aromatic heterocycles. The van der Waals surface area contributed by atoms with E-state index in [0.717, 1.165) is 44.0 Å². The Labute approximate surface area is 118 Å². The summed E-state index contributed by atoms with van der Waals surface area (Å²) in [5.74, 6) is 0.739. The van der Waals surface area contributed by atoms with E-state index in [9.17, 15) is 10.1 Å². The van der Waals surface area contributed by atoms with Gasteiger partial charge in [0.1, 0.15) is 12.4 Å². The van der Waals surface area contributed by atoms with Gasteiger partial charge in [-0.1, -0.05) is 0 Å². The van der Waals surface area contributed by atoms with E-state index in [1.54, 1.807) is 19.1 Å². The first kappa shape index (κ1) is 14.7. The van der Waals surface area contributed by atoms with Crippen molar-refractivity contribution < 1.29 is 9.66 Å². The van der Waals surface area contributed by atoms with E-state index >= 15 is 0 Å². The van der Waals surface area contributed by atoms with Gasteiger partial charge < -0.3 is 10.1 Å². The van der Waals surface area contributed by atoms with Gasteiger partial charge in [0.25, 0.3) is 5.69 Å². The van der Waals surface area contributed by atoms with Gasteiger partial charge >= 0.3 is 0 Å². The van der Waals surface area contributed by atoms with Crippen molar-refractivity contribution in [2.75, 3.05) is 39.3 Å². The third kappa shape index (κ3) is 3.68. The lowest BCUT2D eigenvalue weighted by Gasteiger charge is -2.27. The molecule has 0 atom stereocenters. The van der Waals surface area contributed by atoms with Gasteiger partial charge in [-0.3, -0.25) is 15.0 Å². The van der Waals surface area contributed by atoms with E-state index in [1.807, 2.05) is 6.92 Å². The first-order chi connectivity index (χ1) is 9.58. The summed E-state index contributed by atoms with van der Waals surface area (Å²) >= 11 is 0. The average molecular weight is 279 g/mol. The van der Waals surface area contributed by atoms with Crippen LogP contribution < -0.4 is 10.1 Å². The fraction of sp³-hybridized carbons (Fsp3) is 0.571. The number of piperazine rings is 1. The molecule has 1 aromatic rings. The molecule has 0 saturated carbocycles. The summed E-state index contributed by atoms with van der Waals surface area (Å²) in [6.07, 6.45) is 0. The molecule has 2 rings (SSSR count). The lowest BCUT2D eigenvalue weighted by atomic mass is 10.1. The minimum Gasteiger partial charge on any atom is -0.492 e. The lowest BCUT2D eigenvalue weighted by molar-refractivity contribution is -0.385. The Bertz CT molecular complexity index is 485. The van der Waals surface area contributed by atoms with Crippen molar-refractivity contribution in [2.45, 2.75) is 13.8 Å². The number of nitro groups is 1. The topological polar surface area (TPSA) is 67.6 Å². The predicted octanol–water partition coefficient (Wildman–Crippen LogP) is 1.50. The number of hydrogen-bond acceptors (Lipinski definition) is 5. The summed E-state index contributed by atoms with van der Waals surface area (Å²) in [4.78, 5) is 12.9. The predicted molar refractivity (Wildman–Crippen MR) is 77.4 cm³/mol. The number of benzene rings is 1. The first-order valence-corrected chi connectivity index (χ1v) is 6.89. The molecule has 1 heterocycles. The summed E-state index contributed by atoms with van der Waals surface area (Å²) in [7, 11) is 0. The summed E-state index contributed by atoms with van der Waals surface area (Å²) in [5, 5.41) is 14.2. The molecule has 0 spiro atoms. The summed E-state index contributed by atoms with van der Waals surface area (Å²) < 4.78 is 5.77. The molecule has 0 amide bonds. The molecule has 20 heavy (non-hydrogen) atoms. The van der Waals surface area contributed by atoms with Gasteiger partial charge in [-0.15, -0.1) is 0 Å². The largest absolute Gasteiger partial charge is 0.492 e. The van der Waals surface area contributed by atoms with Gasteiger partial charge in [0.2, 0.25) is 0 Å². The van der Waals surface area contributed by atoms with Crippen LogP contribution in [0.4, 0.5) is 5.69 Å². The van der Waals surface area contributed by atoms with Gasteiger partial charge in [-0.2, -0.15) is 0 Å². The zero-order chi connectivity index (χ0) is 14.5. The van der Waals surface area contributed by atoms with Crippen LogP contribution in [0.15, 0.2) is 12.1 Å². The highest BCUT2D eigenvalue weighted by Gasteiger charge is 2.14. The van der Waals surface area contributed by atoms with Crippen LogP contribution >= 0.6 is 0 Å². The van der Waals surface area contributed by atoms with Crippen LogP contribution in [0.2, 0.25) is 0 Å². The number of nitro benzene ring substituents is 1. The molecule has 0 unspecified atom stereocenters. The van der Waals surface area contributed by atoms with Crippen LogP contribution in [0.5, 0.6) is 5.75 Å². The number of nitrogens with one attached hydrogen (secondary N) is 1. The Morgan fingerprint density at radius 2 is 2.00 bits per heavy atom. The SMILES string of the molecule is Cc1cc([N+](=O)[O-])c(C)cc1OCCN1CCNCC1.